The molecule has 0 radical (unpaired) electrons. The third-order valence-electron chi connectivity index (χ3n) is 7.21. The molecule has 0 bridgehead atoms. The Bertz CT molecular complexity index is 1670. The Balaban J connectivity index is 1.57. The summed E-state index contributed by atoms with van der Waals surface area (Å²) in [7, 11) is 1.56. The first-order valence-electron chi connectivity index (χ1n) is 13.1. The number of pyridine rings is 1. The standard InChI is InChI=1S/C30H28Cl2N6O3/c1-17-14-23-26(16-37(17)28(40)21-6-9-24(31)25(32)15-21)36-30(35-18(2)19-10-12-34-13-11-19)38(29(23)41)22-7-4-20(5-8-22)27(39)33-3/h4-13,15,17-18H,14,16H2,1-3H3,(H,33,39)(H,35,36)/t17-,18-/m1/s1. The fourth-order valence-corrected chi connectivity index (χ4v) is 5.20. The van der Waals surface area contributed by atoms with Crippen molar-refractivity contribution in [2.75, 3.05) is 12.4 Å². The summed E-state index contributed by atoms with van der Waals surface area (Å²) in [5.41, 5.74) is 3.21. The lowest BCUT2D eigenvalue weighted by atomic mass is 9.98. The molecule has 0 fully saturated rings. The molecule has 4 aromatic rings. The molecule has 2 aromatic heterocycles. The van der Waals surface area contributed by atoms with Crippen LogP contribution in [-0.4, -0.2) is 44.3 Å². The lowest BCUT2D eigenvalue weighted by Crippen LogP contribution is -2.46. The van der Waals surface area contributed by atoms with Crippen LogP contribution in [0.4, 0.5) is 5.95 Å². The zero-order valence-electron chi connectivity index (χ0n) is 22.7. The molecule has 41 heavy (non-hydrogen) atoms. The minimum atomic E-state index is -0.266. The molecule has 11 heteroatoms. The molecule has 3 heterocycles. The van der Waals surface area contributed by atoms with E-state index < -0.39 is 0 Å². The van der Waals surface area contributed by atoms with Gasteiger partial charge in [-0.1, -0.05) is 23.2 Å². The van der Waals surface area contributed by atoms with Crippen LogP contribution in [0.15, 0.2) is 71.8 Å². The van der Waals surface area contributed by atoms with E-state index in [0.717, 1.165) is 5.56 Å². The first kappa shape index (κ1) is 28.3. The van der Waals surface area contributed by atoms with Gasteiger partial charge in [-0.3, -0.25) is 19.4 Å². The number of nitrogens with one attached hydrogen (secondary N) is 2. The highest BCUT2D eigenvalue weighted by atomic mass is 35.5. The predicted molar refractivity (Wildman–Crippen MR) is 159 cm³/mol. The summed E-state index contributed by atoms with van der Waals surface area (Å²) in [6.07, 6.45) is 3.73. The molecule has 2 amide bonds. The minimum absolute atomic E-state index is 0.152. The van der Waals surface area contributed by atoms with Crippen molar-refractivity contribution in [2.24, 2.45) is 0 Å². The Morgan fingerprint density at radius 1 is 1.00 bits per heavy atom. The molecule has 210 valence electrons. The van der Waals surface area contributed by atoms with E-state index in [2.05, 4.69) is 15.6 Å². The van der Waals surface area contributed by atoms with Crippen LogP contribution in [0, 0.1) is 0 Å². The lowest BCUT2D eigenvalue weighted by Gasteiger charge is -2.35. The van der Waals surface area contributed by atoms with Gasteiger partial charge in [0.05, 0.1) is 34.0 Å². The number of aromatic nitrogens is 3. The van der Waals surface area contributed by atoms with E-state index >= 15 is 0 Å². The fraction of sp³-hybridized carbons (Fsp3) is 0.233. The second-order valence-electron chi connectivity index (χ2n) is 9.89. The van der Waals surface area contributed by atoms with Crippen LogP contribution >= 0.6 is 23.2 Å². The number of halogens is 2. The van der Waals surface area contributed by atoms with Gasteiger partial charge >= 0.3 is 0 Å². The molecule has 0 saturated heterocycles. The zero-order chi connectivity index (χ0) is 29.3. The van der Waals surface area contributed by atoms with E-state index in [1.54, 1.807) is 66.8 Å². The summed E-state index contributed by atoms with van der Waals surface area (Å²) in [6, 6.07) is 14.8. The van der Waals surface area contributed by atoms with Crippen LogP contribution in [0.5, 0.6) is 0 Å². The van der Waals surface area contributed by atoms with Gasteiger partial charge in [-0.25, -0.2) is 9.55 Å². The van der Waals surface area contributed by atoms with E-state index in [1.165, 1.54) is 4.57 Å². The maximum absolute atomic E-state index is 14.1. The molecular weight excluding hydrogens is 563 g/mol. The molecule has 0 aliphatic carbocycles. The molecule has 2 N–H and O–H groups in total. The van der Waals surface area contributed by atoms with Crippen molar-refractivity contribution >= 4 is 41.0 Å². The summed E-state index contributed by atoms with van der Waals surface area (Å²) < 4.78 is 1.52. The van der Waals surface area contributed by atoms with E-state index in [0.29, 0.717) is 50.5 Å². The molecule has 9 nitrogen and oxygen atoms in total. The second kappa shape index (κ2) is 11.7. The van der Waals surface area contributed by atoms with Crippen LogP contribution in [-0.2, 0) is 13.0 Å². The Kier molecular flexibility index (Phi) is 8.10. The highest BCUT2D eigenvalue weighted by Gasteiger charge is 2.32. The van der Waals surface area contributed by atoms with Gasteiger partial charge in [-0.15, -0.1) is 0 Å². The van der Waals surface area contributed by atoms with Gasteiger partial charge in [0.25, 0.3) is 17.4 Å². The van der Waals surface area contributed by atoms with Crippen LogP contribution in [0.2, 0.25) is 10.0 Å². The maximum Gasteiger partial charge on any atom is 0.263 e. The number of carbonyl (C=O) groups is 2. The monoisotopic (exact) mass is 590 g/mol. The number of amides is 2. The molecule has 0 unspecified atom stereocenters. The fourth-order valence-electron chi connectivity index (χ4n) is 4.90. The highest BCUT2D eigenvalue weighted by Crippen LogP contribution is 2.28. The molecular formula is C30H28Cl2N6O3. The number of hydrogen-bond acceptors (Lipinski definition) is 6. The van der Waals surface area contributed by atoms with Gasteiger partial charge in [0.15, 0.2) is 0 Å². The predicted octanol–water partition coefficient (Wildman–Crippen LogP) is 5.05. The van der Waals surface area contributed by atoms with Crippen LogP contribution in [0.1, 0.15) is 57.4 Å². The Morgan fingerprint density at radius 3 is 2.34 bits per heavy atom. The van der Waals surface area contributed by atoms with Crippen molar-refractivity contribution in [3.63, 3.8) is 0 Å². The number of benzene rings is 2. The zero-order valence-corrected chi connectivity index (χ0v) is 24.2. The molecule has 2 atom stereocenters. The smallest absolute Gasteiger partial charge is 0.263 e. The van der Waals surface area contributed by atoms with Crippen LogP contribution < -0.4 is 16.2 Å². The van der Waals surface area contributed by atoms with Gasteiger partial charge in [0, 0.05) is 42.2 Å². The molecule has 2 aromatic carbocycles. The van der Waals surface area contributed by atoms with Crippen LogP contribution in [0.25, 0.3) is 5.69 Å². The van der Waals surface area contributed by atoms with Gasteiger partial charge < -0.3 is 15.5 Å². The van der Waals surface area contributed by atoms with Crippen molar-refractivity contribution < 1.29 is 9.59 Å². The average molecular weight is 591 g/mol. The van der Waals surface area contributed by atoms with E-state index in [4.69, 9.17) is 28.2 Å². The van der Waals surface area contributed by atoms with Crippen molar-refractivity contribution in [1.29, 1.82) is 0 Å². The number of hydrogen-bond donors (Lipinski definition) is 2. The summed E-state index contributed by atoms with van der Waals surface area (Å²) in [5, 5.41) is 6.64. The average Bonchev–Trinajstić information content (AvgIpc) is 2.98. The number of rotatable bonds is 6. The highest BCUT2D eigenvalue weighted by molar-refractivity contribution is 6.42. The van der Waals surface area contributed by atoms with Gasteiger partial charge in [-0.05, 0) is 80.4 Å². The Hall–Kier alpha value is -4.21. The number of nitrogens with zero attached hydrogens (tertiary/aromatic N) is 4. The topological polar surface area (TPSA) is 109 Å². The van der Waals surface area contributed by atoms with Crippen molar-refractivity contribution in [1.82, 2.24) is 24.8 Å². The second-order valence-corrected chi connectivity index (χ2v) is 10.7. The third-order valence-corrected chi connectivity index (χ3v) is 7.95. The first-order valence-corrected chi connectivity index (χ1v) is 13.8. The molecule has 1 aliphatic rings. The lowest BCUT2D eigenvalue weighted by molar-refractivity contribution is 0.0653. The molecule has 0 saturated carbocycles. The quantitative estimate of drug-likeness (QED) is 0.325. The third kappa shape index (κ3) is 5.68. The maximum atomic E-state index is 14.1. The van der Waals surface area contributed by atoms with Gasteiger partial charge in [-0.2, -0.15) is 0 Å². The largest absolute Gasteiger partial charge is 0.355 e. The Morgan fingerprint density at radius 2 is 1.68 bits per heavy atom. The minimum Gasteiger partial charge on any atom is -0.355 e. The SMILES string of the molecule is CNC(=O)c1ccc(-n2c(N[C@H](C)c3ccncc3)nc3c(c2=O)C[C@@H](C)N(C(=O)c2ccc(Cl)c(Cl)c2)C3)cc1. The van der Waals surface area contributed by atoms with Gasteiger partial charge in [0.2, 0.25) is 5.95 Å². The number of carbonyl (C=O) groups excluding carboxylic acids is 2. The summed E-state index contributed by atoms with van der Waals surface area (Å²) in [6.45, 7) is 4.01. The number of fused-ring (bicyclic) bond motifs is 1. The summed E-state index contributed by atoms with van der Waals surface area (Å²) in [4.78, 5) is 50.3. The summed E-state index contributed by atoms with van der Waals surface area (Å²) >= 11 is 12.2. The van der Waals surface area contributed by atoms with E-state index in [9.17, 15) is 14.4 Å². The van der Waals surface area contributed by atoms with Crippen molar-refractivity contribution in [3.8, 4) is 5.69 Å². The Labute approximate surface area is 247 Å². The van der Waals surface area contributed by atoms with E-state index in [-0.39, 0.29) is 36.0 Å². The van der Waals surface area contributed by atoms with Gasteiger partial charge in [0.1, 0.15) is 0 Å². The van der Waals surface area contributed by atoms with Crippen molar-refractivity contribution in [2.45, 2.75) is 38.9 Å². The molecule has 0 spiro atoms. The van der Waals surface area contributed by atoms with Crippen LogP contribution in [0.3, 0.4) is 0 Å². The molecule has 5 rings (SSSR count). The number of anilines is 1. The summed E-state index contributed by atoms with van der Waals surface area (Å²) in [5.74, 6) is -0.128. The first-order chi connectivity index (χ1) is 19.7. The normalized spacial score (nSPS) is 15.1. The van der Waals surface area contributed by atoms with Crippen molar-refractivity contribution in [3.05, 3.63) is 115 Å². The van der Waals surface area contributed by atoms with E-state index in [1.807, 2.05) is 26.0 Å². The molecule has 1 aliphatic heterocycles.